The third kappa shape index (κ3) is 5.44. The number of carbonyl (C=O) groups is 2. The van der Waals surface area contributed by atoms with Gasteiger partial charge >= 0.3 is 11.9 Å². The highest BCUT2D eigenvalue weighted by atomic mass is 16.5. The van der Waals surface area contributed by atoms with Gasteiger partial charge in [-0.3, -0.25) is 0 Å². The smallest absolute Gasteiger partial charge is 0.342 e. The van der Waals surface area contributed by atoms with Crippen molar-refractivity contribution in [1.29, 1.82) is 0 Å². The maximum atomic E-state index is 13.1. The second kappa shape index (κ2) is 11.3. The van der Waals surface area contributed by atoms with Crippen LogP contribution >= 0.6 is 0 Å². The van der Waals surface area contributed by atoms with Crippen molar-refractivity contribution >= 4 is 58.3 Å². The number of H-pyrrole nitrogens is 2. The van der Waals surface area contributed by atoms with Gasteiger partial charge in [0.1, 0.15) is 11.1 Å². The largest absolute Gasteiger partial charge is 0.462 e. The first-order valence-corrected chi connectivity index (χ1v) is 13.0. The summed E-state index contributed by atoms with van der Waals surface area (Å²) in [6, 6.07) is 11.1. The maximum Gasteiger partial charge on any atom is 0.342 e. The normalized spacial score (nSPS) is 12.1. The first kappa shape index (κ1) is 25.2. The van der Waals surface area contributed by atoms with Gasteiger partial charge in [0.2, 0.25) is 0 Å². The van der Waals surface area contributed by atoms with Gasteiger partial charge in [0.05, 0.1) is 47.0 Å². The van der Waals surface area contributed by atoms with Gasteiger partial charge in [0, 0.05) is 11.0 Å². The summed E-state index contributed by atoms with van der Waals surface area (Å²) in [5.74, 6) is -0.844. The highest BCUT2D eigenvalue weighted by molar-refractivity contribution is 6.03. The van der Waals surface area contributed by atoms with Crippen LogP contribution in [0.3, 0.4) is 0 Å². The molecule has 194 valence electrons. The standard InChI is InChI=1S/C30H30N4O4/c1-3-5-15-37-29(35)27-23-11-7-19(31-23)17-21-9-13-25(33-21)28(30(36)38-16-6-4-2)26-14-10-22(34-26)18-20-8-12-24(27)32-20/h7-14,17-18,31,34H,3-6,15-16H2,1-2H3. The van der Waals surface area contributed by atoms with Crippen molar-refractivity contribution in [1.82, 2.24) is 19.9 Å². The molecule has 5 rings (SSSR count). The number of nitrogens with one attached hydrogen (secondary N) is 2. The lowest BCUT2D eigenvalue weighted by Gasteiger charge is -2.05. The van der Waals surface area contributed by atoms with Crippen LogP contribution in [0.1, 0.15) is 83.0 Å². The predicted octanol–water partition coefficient (Wildman–Crippen LogP) is 6.57. The predicted molar refractivity (Wildman–Crippen MR) is 149 cm³/mol. The molecule has 0 amide bonds. The minimum absolute atomic E-state index is 0.351. The zero-order valence-electron chi connectivity index (χ0n) is 21.5. The number of aromatic amines is 2. The van der Waals surface area contributed by atoms with E-state index in [1.54, 1.807) is 0 Å². The van der Waals surface area contributed by atoms with E-state index in [1.807, 2.05) is 74.5 Å². The zero-order chi connectivity index (χ0) is 26.5. The second-order valence-electron chi connectivity index (χ2n) is 9.18. The average Bonchev–Trinajstić information content (AvgIpc) is 3.71. The van der Waals surface area contributed by atoms with Gasteiger partial charge in [-0.05, 0) is 73.5 Å². The molecule has 0 radical (unpaired) electrons. The molecular weight excluding hydrogens is 480 g/mol. The Labute approximate surface area is 220 Å². The first-order valence-electron chi connectivity index (χ1n) is 13.0. The quantitative estimate of drug-likeness (QED) is 0.180. The van der Waals surface area contributed by atoms with E-state index in [1.165, 1.54) is 0 Å². The third-order valence-electron chi connectivity index (χ3n) is 6.27. The number of fused-ring (bicyclic) bond motifs is 8. The Balaban J connectivity index is 1.72. The van der Waals surface area contributed by atoms with Gasteiger partial charge in [-0.25, -0.2) is 19.6 Å². The summed E-state index contributed by atoms with van der Waals surface area (Å²) >= 11 is 0. The van der Waals surface area contributed by atoms with Gasteiger partial charge in [-0.1, -0.05) is 26.7 Å². The molecule has 0 spiro atoms. The molecule has 8 nitrogen and oxygen atoms in total. The fraction of sp³-hybridized carbons (Fsp3) is 0.267. The molecule has 38 heavy (non-hydrogen) atoms. The number of hydrogen-bond acceptors (Lipinski definition) is 6. The number of hydrogen-bond donors (Lipinski definition) is 2. The Kier molecular flexibility index (Phi) is 7.49. The van der Waals surface area contributed by atoms with E-state index in [-0.39, 0.29) is 0 Å². The van der Waals surface area contributed by atoms with Crippen LogP contribution in [0.4, 0.5) is 0 Å². The van der Waals surface area contributed by atoms with Crippen LogP contribution in [0.2, 0.25) is 0 Å². The number of carbonyl (C=O) groups excluding carboxylic acids is 2. The molecule has 8 heteroatoms. The van der Waals surface area contributed by atoms with E-state index in [0.717, 1.165) is 36.7 Å². The molecule has 2 N–H and O–H groups in total. The Bertz CT molecular complexity index is 1470. The van der Waals surface area contributed by atoms with Crippen LogP contribution in [0.15, 0.2) is 36.4 Å². The van der Waals surface area contributed by atoms with E-state index < -0.39 is 11.9 Å². The first-order chi connectivity index (χ1) is 18.6. The molecule has 8 bridgehead atoms. The Morgan fingerprint density at radius 1 is 0.684 bits per heavy atom. The van der Waals surface area contributed by atoms with Crippen LogP contribution in [0, 0.1) is 0 Å². The molecule has 0 saturated carbocycles. The van der Waals surface area contributed by atoms with Gasteiger partial charge < -0.3 is 19.4 Å². The molecule has 0 atom stereocenters. The maximum absolute atomic E-state index is 13.1. The molecule has 3 aromatic rings. The van der Waals surface area contributed by atoms with Crippen molar-refractivity contribution in [2.75, 3.05) is 13.2 Å². The average molecular weight is 511 g/mol. The van der Waals surface area contributed by atoms with Gasteiger partial charge in [0.15, 0.2) is 0 Å². The van der Waals surface area contributed by atoms with E-state index in [2.05, 4.69) is 9.97 Å². The number of nitrogens with zero attached hydrogens (tertiary/aromatic N) is 2. The lowest BCUT2D eigenvalue weighted by Crippen LogP contribution is -2.08. The highest BCUT2D eigenvalue weighted by Crippen LogP contribution is 2.24. The molecule has 5 heterocycles. The van der Waals surface area contributed by atoms with Crippen molar-refractivity contribution in [2.24, 2.45) is 0 Å². The highest BCUT2D eigenvalue weighted by Gasteiger charge is 2.19. The van der Waals surface area contributed by atoms with Crippen molar-refractivity contribution in [2.45, 2.75) is 39.5 Å². The number of ether oxygens (including phenoxy) is 2. The summed E-state index contributed by atoms with van der Waals surface area (Å²) in [4.78, 5) is 42.2. The second-order valence-corrected chi connectivity index (χ2v) is 9.18. The number of rotatable bonds is 8. The lowest BCUT2D eigenvalue weighted by atomic mass is 10.2. The SMILES string of the molecule is CCCCOC(=O)c1c2nc(cc3ccc([nH]3)c(C(=O)OCCCC)c3nc(cc4ccc1[nH]4)C=C3)C=C2. The van der Waals surface area contributed by atoms with E-state index in [4.69, 9.17) is 19.4 Å². The Hall–Kier alpha value is -4.46. The van der Waals surface area contributed by atoms with E-state index >= 15 is 0 Å². The number of unbranched alkanes of at least 4 members (excludes halogenated alkanes) is 2. The fourth-order valence-corrected chi connectivity index (χ4v) is 4.27. The molecule has 0 unspecified atom stereocenters. The number of esters is 2. The summed E-state index contributed by atoms with van der Waals surface area (Å²) in [5.41, 5.74) is 5.84. The summed E-state index contributed by atoms with van der Waals surface area (Å²) in [7, 11) is 0. The molecule has 3 aromatic heterocycles. The molecule has 0 fully saturated rings. The van der Waals surface area contributed by atoms with E-state index in [0.29, 0.717) is 58.1 Å². The minimum atomic E-state index is -0.422. The number of aromatic nitrogens is 4. The molecule has 2 aliphatic heterocycles. The third-order valence-corrected chi connectivity index (χ3v) is 6.27. The molecule has 0 aliphatic carbocycles. The van der Waals surface area contributed by atoms with Gasteiger partial charge in [0.25, 0.3) is 0 Å². The lowest BCUT2D eigenvalue weighted by molar-refractivity contribution is 0.0491. The van der Waals surface area contributed by atoms with Gasteiger partial charge in [-0.2, -0.15) is 0 Å². The van der Waals surface area contributed by atoms with Crippen LogP contribution in [-0.4, -0.2) is 45.1 Å². The van der Waals surface area contributed by atoms with Crippen molar-refractivity contribution < 1.29 is 19.1 Å². The minimum Gasteiger partial charge on any atom is -0.462 e. The van der Waals surface area contributed by atoms with Crippen LogP contribution in [-0.2, 0) is 9.47 Å². The summed E-state index contributed by atoms with van der Waals surface area (Å²) in [6.45, 7) is 4.80. The van der Waals surface area contributed by atoms with E-state index in [9.17, 15) is 9.59 Å². The Morgan fingerprint density at radius 2 is 1.13 bits per heavy atom. The molecular formula is C30H30N4O4. The summed E-state index contributed by atoms with van der Waals surface area (Å²) in [6.07, 6.45) is 10.8. The summed E-state index contributed by atoms with van der Waals surface area (Å²) in [5, 5.41) is 0. The Morgan fingerprint density at radius 3 is 1.55 bits per heavy atom. The molecule has 0 aromatic carbocycles. The van der Waals surface area contributed by atoms with Crippen LogP contribution < -0.4 is 0 Å². The zero-order valence-corrected chi connectivity index (χ0v) is 21.5. The van der Waals surface area contributed by atoms with Crippen molar-refractivity contribution in [3.63, 3.8) is 0 Å². The van der Waals surface area contributed by atoms with Crippen molar-refractivity contribution in [3.05, 3.63) is 70.3 Å². The monoisotopic (exact) mass is 510 g/mol. The van der Waals surface area contributed by atoms with Crippen molar-refractivity contribution in [3.8, 4) is 0 Å². The molecule has 0 saturated heterocycles. The van der Waals surface area contributed by atoms with Crippen LogP contribution in [0.5, 0.6) is 0 Å². The summed E-state index contributed by atoms with van der Waals surface area (Å²) < 4.78 is 11.1. The molecule has 2 aliphatic rings. The van der Waals surface area contributed by atoms with Crippen LogP contribution in [0.25, 0.3) is 46.4 Å². The van der Waals surface area contributed by atoms with Gasteiger partial charge in [-0.15, -0.1) is 0 Å². The fourth-order valence-electron chi connectivity index (χ4n) is 4.27. The topological polar surface area (TPSA) is 110 Å².